The van der Waals surface area contributed by atoms with Gasteiger partial charge in [-0.2, -0.15) is 0 Å². The minimum absolute atomic E-state index is 0.00259. The highest BCUT2D eigenvalue weighted by Crippen LogP contribution is 2.45. The van der Waals surface area contributed by atoms with E-state index in [2.05, 4.69) is 0 Å². The first-order valence-electron chi connectivity index (χ1n) is 19.5. The number of ether oxygens (including phenoxy) is 6. The summed E-state index contributed by atoms with van der Waals surface area (Å²) >= 11 is 0. The molecule has 0 amide bonds. The van der Waals surface area contributed by atoms with E-state index in [-0.39, 0.29) is 44.4 Å². The summed E-state index contributed by atoms with van der Waals surface area (Å²) in [6, 6.07) is 0. The molecule has 13 N–H and O–H groups in total. The predicted octanol–water partition coefficient (Wildman–Crippen LogP) is -5.59. The van der Waals surface area contributed by atoms with Gasteiger partial charge < -0.3 is 94.8 Å². The van der Waals surface area contributed by atoms with Crippen LogP contribution in [0.2, 0.25) is 0 Å². The van der Waals surface area contributed by atoms with E-state index < -0.39 is 153 Å². The highest BCUT2D eigenvalue weighted by molar-refractivity contribution is 5.81. The summed E-state index contributed by atoms with van der Waals surface area (Å²) in [6.45, 7) is -1.27. The van der Waals surface area contributed by atoms with Crippen molar-refractivity contribution in [2.24, 2.45) is 17.8 Å². The van der Waals surface area contributed by atoms with E-state index in [1.54, 1.807) is 6.08 Å². The molecule has 56 heavy (non-hydrogen) atoms. The molecule has 0 aromatic rings. The molecule has 0 bridgehead atoms. The number of rotatable bonds is 10. The lowest BCUT2D eigenvalue weighted by atomic mass is 9.72. The van der Waals surface area contributed by atoms with Crippen molar-refractivity contribution in [3.8, 4) is 0 Å². The molecule has 6 fully saturated rings. The van der Waals surface area contributed by atoms with Gasteiger partial charge in [0.2, 0.25) is 0 Å². The van der Waals surface area contributed by atoms with Gasteiger partial charge in [0.25, 0.3) is 0 Å². The Bertz CT molecular complexity index is 1290. The van der Waals surface area contributed by atoms with Crippen molar-refractivity contribution in [1.82, 2.24) is 0 Å². The van der Waals surface area contributed by atoms with Gasteiger partial charge in [-0.25, -0.2) is 4.79 Å². The third-order valence-corrected chi connectivity index (χ3v) is 12.4. The Kier molecular flexibility index (Phi) is 14.8. The molecule has 6 rings (SSSR count). The molecule has 0 aromatic carbocycles. The third kappa shape index (κ3) is 9.75. The molecular formula is C36H58O20. The summed E-state index contributed by atoms with van der Waals surface area (Å²) in [6.07, 6.45) is -22.9. The Morgan fingerprint density at radius 2 is 1.20 bits per heavy atom. The van der Waals surface area contributed by atoms with Crippen LogP contribution in [0.25, 0.3) is 0 Å². The van der Waals surface area contributed by atoms with Crippen LogP contribution in [0.5, 0.6) is 0 Å². The van der Waals surface area contributed by atoms with Crippen LogP contribution >= 0.6 is 0 Å². The Morgan fingerprint density at radius 3 is 1.82 bits per heavy atom. The summed E-state index contributed by atoms with van der Waals surface area (Å²) in [5, 5.41) is 136. The maximum atomic E-state index is 12.6. The summed E-state index contributed by atoms with van der Waals surface area (Å²) in [4.78, 5) is 12.6. The maximum absolute atomic E-state index is 12.6. The molecule has 0 radical (unpaired) electrons. The Labute approximate surface area is 322 Å². The van der Waals surface area contributed by atoms with Crippen LogP contribution in [-0.4, -0.2) is 208 Å². The predicted molar refractivity (Wildman–Crippen MR) is 182 cm³/mol. The quantitative estimate of drug-likeness (QED) is 0.0723. The molecule has 11 unspecified atom stereocenters. The second-order valence-corrected chi connectivity index (χ2v) is 16.3. The monoisotopic (exact) mass is 810 g/mol. The van der Waals surface area contributed by atoms with E-state index in [1.165, 1.54) is 0 Å². The van der Waals surface area contributed by atoms with E-state index in [0.29, 0.717) is 12.8 Å². The Morgan fingerprint density at radius 1 is 0.589 bits per heavy atom. The average molecular weight is 811 g/mol. The van der Waals surface area contributed by atoms with Gasteiger partial charge in [0.15, 0.2) is 12.6 Å². The number of carbonyl (C=O) groups excluding carboxylic acids is 1. The van der Waals surface area contributed by atoms with E-state index in [0.717, 1.165) is 6.08 Å². The van der Waals surface area contributed by atoms with E-state index >= 15 is 0 Å². The molecule has 3 heterocycles. The number of esters is 1. The number of aliphatic hydroxyl groups excluding tert-OH is 13. The summed E-state index contributed by atoms with van der Waals surface area (Å²) in [5.41, 5.74) is 0. The van der Waals surface area contributed by atoms with Gasteiger partial charge in [-0.15, -0.1) is 0 Å². The fraction of sp³-hybridized carbons (Fsp3) is 0.917. The molecule has 322 valence electrons. The number of allylic oxidation sites excluding steroid dienone is 1. The normalized spacial score (nSPS) is 51.7. The van der Waals surface area contributed by atoms with Gasteiger partial charge >= 0.3 is 5.97 Å². The van der Waals surface area contributed by atoms with Crippen molar-refractivity contribution in [2.45, 2.75) is 174 Å². The number of hydrogen-bond donors (Lipinski definition) is 13. The van der Waals surface area contributed by atoms with Crippen molar-refractivity contribution in [1.29, 1.82) is 0 Å². The molecular weight excluding hydrogens is 752 g/mol. The number of aliphatic hydroxyl groups is 13. The van der Waals surface area contributed by atoms with Gasteiger partial charge in [-0.3, -0.25) is 0 Å². The van der Waals surface area contributed by atoms with Crippen molar-refractivity contribution >= 4 is 5.97 Å². The largest absolute Gasteiger partial charge is 0.460 e. The first-order valence-corrected chi connectivity index (χ1v) is 19.5. The second kappa shape index (κ2) is 18.8. The van der Waals surface area contributed by atoms with Crippen LogP contribution in [-0.2, 0) is 33.2 Å². The molecule has 6 aliphatic rings. The number of carbonyl (C=O) groups is 1. The molecule has 20 heteroatoms. The molecule has 3 saturated carbocycles. The van der Waals surface area contributed by atoms with E-state index in [1.807, 2.05) is 0 Å². The topological polar surface area (TPSA) is 335 Å². The number of hydrogen-bond acceptors (Lipinski definition) is 20. The van der Waals surface area contributed by atoms with Crippen LogP contribution in [0.15, 0.2) is 12.2 Å². The van der Waals surface area contributed by atoms with Crippen molar-refractivity contribution in [2.75, 3.05) is 13.2 Å². The van der Waals surface area contributed by atoms with Crippen molar-refractivity contribution in [3.05, 3.63) is 12.2 Å². The fourth-order valence-electron chi connectivity index (χ4n) is 9.05. The second-order valence-electron chi connectivity index (χ2n) is 16.3. The molecule has 3 saturated heterocycles. The zero-order valence-corrected chi connectivity index (χ0v) is 30.7. The van der Waals surface area contributed by atoms with Gasteiger partial charge in [-0.1, -0.05) is 6.08 Å². The molecule has 21 atom stereocenters. The molecule has 0 aromatic heterocycles. The third-order valence-electron chi connectivity index (χ3n) is 12.4. The van der Waals surface area contributed by atoms with Crippen LogP contribution in [0.1, 0.15) is 51.4 Å². The molecule has 3 aliphatic heterocycles. The standard InChI is InChI=1S/C36H58O20/c37-11-24-28(45)30(47)32(49)35(55-24)53-22-9-15(38)8-21-16(22)10-23(34(52-21)14-6-19(41)27(44)20(42)7-14)54-36-33(50)31(48)29(46)25(56-36)12-51-26(43)4-2-13-1-3-17(39)18(40)5-13/h2,4,13-25,27-42,44-50H,1,3,5-12H2/t13?,14?,15?,16?,17?,18?,19?,20?,21?,22?,23?,24-,25-,27?,28-,29-,30-,31-,32-,33-,34?,35-,36-/m0/s1. The Hall–Kier alpha value is -1.51. The van der Waals surface area contributed by atoms with Gasteiger partial charge in [0.1, 0.15) is 61.5 Å². The fourth-order valence-corrected chi connectivity index (χ4v) is 9.05. The highest BCUT2D eigenvalue weighted by Gasteiger charge is 2.54. The first-order chi connectivity index (χ1) is 26.6. The van der Waals surface area contributed by atoms with Crippen LogP contribution < -0.4 is 0 Å². The summed E-state index contributed by atoms with van der Waals surface area (Å²) in [7, 11) is 0. The number of fused-ring (bicyclic) bond motifs is 1. The van der Waals surface area contributed by atoms with Gasteiger partial charge in [0, 0.05) is 18.4 Å². The zero-order valence-electron chi connectivity index (χ0n) is 30.7. The van der Waals surface area contributed by atoms with E-state index in [9.17, 15) is 71.2 Å². The maximum Gasteiger partial charge on any atom is 0.330 e. The summed E-state index contributed by atoms with van der Waals surface area (Å²) < 4.78 is 35.7. The molecule has 3 aliphatic carbocycles. The lowest BCUT2D eigenvalue weighted by Crippen LogP contribution is -2.63. The SMILES string of the molecule is O=C(C=CC1CCC(O)C(O)C1)OC[C@@H]1O[C@H](OC2CC3C(CC(O)CC3O[C@H]3O[C@@H](CO)[C@H](O)[C@H](O)[C@@H]3O)OC2C2CC(O)C(O)C(O)C2)[C@@H](O)[C@@H](O)[C@H]1O. The van der Waals surface area contributed by atoms with Crippen molar-refractivity contribution in [3.63, 3.8) is 0 Å². The van der Waals surface area contributed by atoms with Crippen LogP contribution in [0, 0.1) is 17.8 Å². The lowest BCUT2D eigenvalue weighted by molar-refractivity contribution is -0.345. The van der Waals surface area contributed by atoms with Crippen molar-refractivity contribution < 1.29 is 99.6 Å². The van der Waals surface area contributed by atoms with Gasteiger partial charge in [0.05, 0.1) is 61.5 Å². The first kappa shape index (κ1) is 44.1. The van der Waals surface area contributed by atoms with E-state index in [4.69, 9.17) is 28.4 Å². The smallest absolute Gasteiger partial charge is 0.330 e. The van der Waals surface area contributed by atoms with Gasteiger partial charge in [-0.05, 0) is 56.8 Å². The zero-order chi connectivity index (χ0) is 40.6. The molecule has 20 nitrogen and oxygen atoms in total. The average Bonchev–Trinajstić information content (AvgIpc) is 3.16. The van der Waals surface area contributed by atoms with Crippen LogP contribution in [0.3, 0.4) is 0 Å². The molecule has 0 spiro atoms. The van der Waals surface area contributed by atoms with Crippen LogP contribution in [0.4, 0.5) is 0 Å². The lowest BCUT2D eigenvalue weighted by Gasteiger charge is -2.52. The minimum atomic E-state index is -1.83. The minimum Gasteiger partial charge on any atom is -0.460 e. The highest BCUT2D eigenvalue weighted by atomic mass is 16.7. The summed E-state index contributed by atoms with van der Waals surface area (Å²) in [5.74, 6) is -2.27. The Balaban J connectivity index is 1.18.